The van der Waals surface area contributed by atoms with Crippen molar-refractivity contribution in [1.82, 2.24) is 0 Å². The van der Waals surface area contributed by atoms with E-state index in [0.29, 0.717) is 0 Å². The van der Waals surface area contributed by atoms with Crippen LogP contribution in [0.1, 0.15) is 0 Å². The molecule has 0 saturated heterocycles. The lowest BCUT2D eigenvalue weighted by molar-refractivity contribution is -0.150. The molecule has 6 N–H and O–H groups in total. The molecule has 0 heterocycles. The highest BCUT2D eigenvalue weighted by molar-refractivity contribution is 5.71. The minimum Gasteiger partial charge on any atom is -0.462 e. The highest BCUT2D eigenvalue weighted by Gasteiger charge is 2.24. The molecule has 0 unspecified atom stereocenters. The average Bonchev–Trinajstić information content (AvgIpc) is 2.22. The van der Waals surface area contributed by atoms with Crippen molar-refractivity contribution in [2.24, 2.45) is 5.73 Å². The van der Waals surface area contributed by atoms with E-state index in [1.807, 2.05) is 0 Å². The van der Waals surface area contributed by atoms with E-state index in [2.05, 4.69) is 4.74 Å². The Balaban J connectivity index is 3.83. The molecular weight excluding hydrogens is 194 g/mol. The summed E-state index contributed by atoms with van der Waals surface area (Å²) in [6.07, 6.45) is -4.49. The summed E-state index contributed by atoms with van der Waals surface area (Å²) < 4.78 is 4.40. The molecule has 0 rings (SSSR count). The number of esters is 1. The zero-order chi connectivity index (χ0) is 11.1. The van der Waals surface area contributed by atoms with Crippen LogP contribution in [-0.2, 0) is 9.53 Å². The summed E-state index contributed by atoms with van der Waals surface area (Å²) in [6.45, 7) is -1.50. The Labute approximate surface area is 80.7 Å². The van der Waals surface area contributed by atoms with Gasteiger partial charge in [-0.05, 0) is 0 Å². The first kappa shape index (κ1) is 13.3. The molecule has 7 heteroatoms. The number of hydrogen-bond acceptors (Lipinski definition) is 7. The fraction of sp³-hybridized carbons (Fsp3) is 0.857. The predicted molar refractivity (Wildman–Crippen MR) is 45.1 cm³/mol. The van der Waals surface area contributed by atoms with Crippen molar-refractivity contribution in [1.29, 1.82) is 0 Å². The third-order valence-corrected chi connectivity index (χ3v) is 1.56. The largest absolute Gasteiger partial charge is 0.462 e. The van der Waals surface area contributed by atoms with Gasteiger partial charge in [0.25, 0.3) is 0 Å². The maximum atomic E-state index is 10.5. The zero-order valence-electron chi connectivity index (χ0n) is 7.54. The number of carbonyl (C=O) groups excluding carboxylic acids is 1. The molecule has 14 heavy (non-hydrogen) atoms. The molecule has 0 aromatic heterocycles. The predicted octanol–water partition coefficient (Wildman–Crippen LogP) is -3.44. The third kappa shape index (κ3) is 4.49. The van der Waals surface area contributed by atoms with Crippen molar-refractivity contribution in [2.75, 3.05) is 19.8 Å². The number of nitrogens with two attached hydrogens (primary N) is 1. The smallest absolute Gasteiger partial charge is 0.319 e. The molecule has 0 aromatic carbocycles. The number of rotatable bonds is 6. The SMILES string of the molecule is NCC(=O)OC[C@H](O)[C@@H](O)[C@H](O)CO. The second-order valence-corrected chi connectivity index (χ2v) is 2.69. The third-order valence-electron chi connectivity index (χ3n) is 1.56. The summed E-state index contributed by atoms with van der Waals surface area (Å²) >= 11 is 0. The summed E-state index contributed by atoms with van der Waals surface area (Å²) in [6, 6.07) is 0. The first-order valence-electron chi connectivity index (χ1n) is 4.03. The van der Waals surface area contributed by atoms with Gasteiger partial charge in [-0.1, -0.05) is 0 Å². The van der Waals surface area contributed by atoms with E-state index in [-0.39, 0.29) is 6.54 Å². The second kappa shape index (κ2) is 6.68. The van der Waals surface area contributed by atoms with Crippen LogP contribution in [0.4, 0.5) is 0 Å². The molecule has 0 bridgehead atoms. The quantitative estimate of drug-likeness (QED) is 0.287. The molecule has 0 amide bonds. The topological polar surface area (TPSA) is 133 Å². The zero-order valence-corrected chi connectivity index (χ0v) is 7.54. The van der Waals surface area contributed by atoms with Gasteiger partial charge < -0.3 is 30.9 Å². The molecule has 0 spiro atoms. The first-order valence-corrected chi connectivity index (χ1v) is 4.03. The van der Waals surface area contributed by atoms with Gasteiger partial charge in [0.05, 0.1) is 13.2 Å². The van der Waals surface area contributed by atoms with Gasteiger partial charge in [0, 0.05) is 0 Å². The van der Waals surface area contributed by atoms with Crippen LogP contribution >= 0.6 is 0 Å². The van der Waals surface area contributed by atoms with E-state index in [1.54, 1.807) is 0 Å². The molecule has 0 aliphatic heterocycles. The molecule has 0 saturated carbocycles. The Kier molecular flexibility index (Phi) is 6.34. The van der Waals surface area contributed by atoms with Crippen molar-refractivity contribution in [3.8, 4) is 0 Å². The summed E-state index contributed by atoms with van der Waals surface area (Å²) in [4.78, 5) is 10.5. The highest BCUT2D eigenvalue weighted by Crippen LogP contribution is 2.00. The van der Waals surface area contributed by atoms with Gasteiger partial charge in [0.1, 0.15) is 24.9 Å². The number of carbonyl (C=O) groups is 1. The van der Waals surface area contributed by atoms with Crippen LogP contribution in [0.2, 0.25) is 0 Å². The van der Waals surface area contributed by atoms with Crippen molar-refractivity contribution < 1.29 is 30.0 Å². The first-order chi connectivity index (χ1) is 6.52. The normalized spacial score (nSPS) is 17.2. The van der Waals surface area contributed by atoms with E-state index in [9.17, 15) is 4.79 Å². The summed E-state index contributed by atoms with van der Waals surface area (Å²) in [5, 5.41) is 35.5. The fourth-order valence-electron chi connectivity index (χ4n) is 0.700. The Bertz CT molecular complexity index is 176. The van der Waals surface area contributed by atoms with Crippen molar-refractivity contribution in [3.05, 3.63) is 0 Å². The van der Waals surface area contributed by atoms with Crippen LogP contribution < -0.4 is 5.73 Å². The van der Waals surface area contributed by atoms with Gasteiger partial charge in [-0.2, -0.15) is 0 Å². The van der Waals surface area contributed by atoms with Gasteiger partial charge in [-0.25, -0.2) is 0 Å². The van der Waals surface area contributed by atoms with E-state index < -0.39 is 37.5 Å². The maximum absolute atomic E-state index is 10.5. The molecule has 7 nitrogen and oxygen atoms in total. The number of ether oxygens (including phenoxy) is 1. The van der Waals surface area contributed by atoms with Gasteiger partial charge in [0.2, 0.25) is 0 Å². The molecular formula is C7H15NO6. The minimum absolute atomic E-state index is 0.328. The van der Waals surface area contributed by atoms with Gasteiger partial charge in [-0.15, -0.1) is 0 Å². The Morgan fingerprint density at radius 3 is 2.29 bits per heavy atom. The number of hydrogen-bond donors (Lipinski definition) is 5. The molecule has 0 aliphatic carbocycles. The maximum Gasteiger partial charge on any atom is 0.319 e. The van der Waals surface area contributed by atoms with Crippen LogP contribution in [0.15, 0.2) is 0 Å². The van der Waals surface area contributed by atoms with Gasteiger partial charge in [0.15, 0.2) is 0 Å². The van der Waals surface area contributed by atoms with Crippen molar-refractivity contribution in [3.63, 3.8) is 0 Å². The van der Waals surface area contributed by atoms with Crippen LogP contribution in [0.5, 0.6) is 0 Å². The highest BCUT2D eigenvalue weighted by atomic mass is 16.5. The summed E-state index contributed by atoms with van der Waals surface area (Å²) in [5.41, 5.74) is 4.91. The lowest BCUT2D eigenvalue weighted by Crippen LogP contribution is -2.42. The monoisotopic (exact) mass is 209 g/mol. The van der Waals surface area contributed by atoms with E-state index in [0.717, 1.165) is 0 Å². The Morgan fingerprint density at radius 1 is 1.29 bits per heavy atom. The van der Waals surface area contributed by atoms with E-state index in [1.165, 1.54) is 0 Å². The molecule has 0 fully saturated rings. The Morgan fingerprint density at radius 2 is 1.86 bits per heavy atom. The van der Waals surface area contributed by atoms with Gasteiger partial charge in [-0.3, -0.25) is 4.79 Å². The average molecular weight is 209 g/mol. The van der Waals surface area contributed by atoms with Crippen molar-refractivity contribution in [2.45, 2.75) is 18.3 Å². The minimum atomic E-state index is -1.56. The lowest BCUT2D eigenvalue weighted by Gasteiger charge is -2.20. The Hall–Kier alpha value is -0.730. The molecule has 84 valence electrons. The molecule has 0 aromatic rings. The van der Waals surface area contributed by atoms with Crippen LogP contribution in [0, 0.1) is 0 Å². The van der Waals surface area contributed by atoms with Crippen molar-refractivity contribution >= 4 is 5.97 Å². The molecule has 0 radical (unpaired) electrons. The summed E-state index contributed by atoms with van der Waals surface area (Å²) in [7, 11) is 0. The van der Waals surface area contributed by atoms with Crippen LogP contribution in [0.3, 0.4) is 0 Å². The standard InChI is InChI=1S/C7H15NO6/c8-1-6(12)14-3-5(11)7(13)4(10)2-9/h4-5,7,9-11,13H,1-3,8H2/t4-,5+,7+/m1/s1. The molecule has 3 atom stereocenters. The van der Waals surface area contributed by atoms with Gasteiger partial charge >= 0.3 is 5.97 Å². The fourth-order valence-corrected chi connectivity index (χ4v) is 0.700. The second-order valence-electron chi connectivity index (χ2n) is 2.69. The van der Waals surface area contributed by atoms with Crippen LogP contribution in [-0.4, -0.2) is 64.5 Å². The lowest BCUT2D eigenvalue weighted by atomic mass is 10.1. The summed E-state index contributed by atoms with van der Waals surface area (Å²) in [5.74, 6) is -0.727. The molecule has 0 aliphatic rings. The number of aliphatic hydroxyl groups excluding tert-OH is 4. The van der Waals surface area contributed by atoms with E-state index >= 15 is 0 Å². The number of aliphatic hydroxyl groups is 4. The van der Waals surface area contributed by atoms with Crippen LogP contribution in [0.25, 0.3) is 0 Å². The van der Waals surface area contributed by atoms with E-state index in [4.69, 9.17) is 26.2 Å².